The molecule has 2 heteroatoms. The second-order valence-corrected chi connectivity index (χ2v) is 4.20. The van der Waals surface area contributed by atoms with Crippen LogP contribution >= 0.6 is 0 Å². The van der Waals surface area contributed by atoms with Crippen molar-refractivity contribution in [2.45, 2.75) is 11.8 Å². The van der Waals surface area contributed by atoms with E-state index in [2.05, 4.69) is 11.4 Å². The molecular formula is C11H12FN. The first-order valence-corrected chi connectivity index (χ1v) is 4.78. The molecule has 0 radical (unpaired) electrons. The van der Waals surface area contributed by atoms with Crippen LogP contribution in [0, 0.1) is 11.7 Å². The zero-order chi connectivity index (χ0) is 8.89. The molecule has 2 fully saturated rings. The Morgan fingerprint density at radius 3 is 3.00 bits per heavy atom. The van der Waals surface area contributed by atoms with Crippen LogP contribution in [0.1, 0.15) is 12.0 Å². The van der Waals surface area contributed by atoms with E-state index in [1.165, 1.54) is 18.1 Å². The summed E-state index contributed by atoms with van der Waals surface area (Å²) in [6.07, 6.45) is 1.24. The van der Waals surface area contributed by atoms with E-state index in [-0.39, 0.29) is 5.82 Å². The van der Waals surface area contributed by atoms with Crippen LogP contribution in [0.15, 0.2) is 24.3 Å². The molecule has 1 saturated heterocycles. The molecule has 1 heterocycles. The Kier molecular flexibility index (Phi) is 1.34. The van der Waals surface area contributed by atoms with Crippen molar-refractivity contribution in [2.75, 3.05) is 13.1 Å². The summed E-state index contributed by atoms with van der Waals surface area (Å²) in [5, 5.41) is 3.36. The minimum absolute atomic E-state index is 0.107. The van der Waals surface area contributed by atoms with Crippen LogP contribution in [-0.2, 0) is 5.41 Å². The lowest BCUT2D eigenvalue weighted by Gasteiger charge is -2.11. The van der Waals surface area contributed by atoms with Gasteiger partial charge in [0.1, 0.15) is 5.82 Å². The van der Waals surface area contributed by atoms with Crippen LogP contribution < -0.4 is 5.32 Å². The van der Waals surface area contributed by atoms with Crippen molar-refractivity contribution >= 4 is 0 Å². The maximum absolute atomic E-state index is 13.0. The molecule has 2 aliphatic rings. The first-order chi connectivity index (χ1) is 6.31. The Morgan fingerprint density at radius 1 is 1.46 bits per heavy atom. The highest BCUT2D eigenvalue weighted by Crippen LogP contribution is 2.56. The fraction of sp³-hybridized carbons (Fsp3) is 0.455. The highest BCUT2D eigenvalue weighted by atomic mass is 19.1. The SMILES string of the molecule is Fc1cccc([C@]23CNC[C@@H]2C3)c1. The summed E-state index contributed by atoms with van der Waals surface area (Å²) >= 11 is 0. The van der Waals surface area contributed by atoms with E-state index >= 15 is 0 Å². The number of piperidine rings is 1. The number of halogens is 1. The summed E-state index contributed by atoms with van der Waals surface area (Å²) < 4.78 is 13.0. The molecule has 1 aromatic carbocycles. The van der Waals surface area contributed by atoms with Gasteiger partial charge in [0.25, 0.3) is 0 Å². The fourth-order valence-electron chi connectivity index (χ4n) is 2.59. The van der Waals surface area contributed by atoms with Crippen LogP contribution in [0.3, 0.4) is 0 Å². The Balaban J connectivity index is 2.01. The van der Waals surface area contributed by atoms with E-state index in [1.807, 2.05) is 6.07 Å². The van der Waals surface area contributed by atoms with Gasteiger partial charge in [0.2, 0.25) is 0 Å². The summed E-state index contributed by atoms with van der Waals surface area (Å²) in [6, 6.07) is 7.07. The minimum Gasteiger partial charge on any atom is -0.316 e. The molecule has 13 heavy (non-hydrogen) atoms. The third-order valence-corrected chi connectivity index (χ3v) is 3.46. The maximum Gasteiger partial charge on any atom is 0.123 e. The average Bonchev–Trinajstić information content (AvgIpc) is 2.70. The molecule has 1 aromatic rings. The van der Waals surface area contributed by atoms with Gasteiger partial charge in [-0.3, -0.25) is 0 Å². The fourth-order valence-corrected chi connectivity index (χ4v) is 2.59. The van der Waals surface area contributed by atoms with E-state index in [4.69, 9.17) is 0 Å². The highest BCUT2D eigenvalue weighted by Gasteiger charge is 2.57. The lowest BCUT2D eigenvalue weighted by atomic mass is 9.95. The molecule has 68 valence electrons. The van der Waals surface area contributed by atoms with E-state index in [0.29, 0.717) is 5.41 Å². The van der Waals surface area contributed by atoms with Crippen LogP contribution in [-0.4, -0.2) is 13.1 Å². The van der Waals surface area contributed by atoms with Crippen LogP contribution in [0.5, 0.6) is 0 Å². The molecule has 2 atom stereocenters. The zero-order valence-corrected chi connectivity index (χ0v) is 7.39. The average molecular weight is 177 g/mol. The van der Waals surface area contributed by atoms with Crippen molar-refractivity contribution in [2.24, 2.45) is 5.92 Å². The van der Waals surface area contributed by atoms with Gasteiger partial charge in [-0.2, -0.15) is 0 Å². The van der Waals surface area contributed by atoms with Gasteiger partial charge in [-0.05, 0) is 36.6 Å². The largest absolute Gasteiger partial charge is 0.316 e. The summed E-state index contributed by atoms with van der Waals surface area (Å²) in [5.41, 5.74) is 1.48. The zero-order valence-electron chi connectivity index (χ0n) is 7.39. The second-order valence-electron chi connectivity index (χ2n) is 4.20. The van der Waals surface area contributed by atoms with E-state index in [9.17, 15) is 4.39 Å². The van der Waals surface area contributed by atoms with Gasteiger partial charge in [0.15, 0.2) is 0 Å². The molecule has 0 bridgehead atoms. The third-order valence-electron chi connectivity index (χ3n) is 3.46. The number of hydrogen-bond acceptors (Lipinski definition) is 1. The minimum atomic E-state index is -0.107. The monoisotopic (exact) mass is 177 g/mol. The first kappa shape index (κ1) is 7.51. The van der Waals surface area contributed by atoms with Crippen LogP contribution in [0.4, 0.5) is 4.39 Å². The van der Waals surface area contributed by atoms with E-state index in [0.717, 1.165) is 19.0 Å². The van der Waals surface area contributed by atoms with Crippen LogP contribution in [0.2, 0.25) is 0 Å². The number of benzene rings is 1. The number of fused-ring (bicyclic) bond motifs is 1. The quantitative estimate of drug-likeness (QED) is 0.688. The normalized spacial score (nSPS) is 35.9. The summed E-state index contributed by atoms with van der Waals surface area (Å²) in [7, 11) is 0. The van der Waals surface area contributed by atoms with Crippen molar-refractivity contribution in [1.82, 2.24) is 5.32 Å². The maximum atomic E-state index is 13.0. The highest BCUT2D eigenvalue weighted by molar-refractivity contribution is 5.36. The van der Waals surface area contributed by atoms with Gasteiger partial charge in [-0.1, -0.05) is 12.1 Å². The molecule has 1 N–H and O–H groups in total. The Morgan fingerprint density at radius 2 is 2.38 bits per heavy atom. The third kappa shape index (κ3) is 0.953. The van der Waals surface area contributed by atoms with Crippen molar-refractivity contribution in [3.8, 4) is 0 Å². The molecule has 0 unspecified atom stereocenters. The summed E-state index contributed by atoms with van der Waals surface area (Å²) in [5.74, 6) is 0.652. The van der Waals surface area contributed by atoms with Crippen LogP contribution in [0.25, 0.3) is 0 Å². The smallest absolute Gasteiger partial charge is 0.123 e. The topological polar surface area (TPSA) is 12.0 Å². The van der Waals surface area contributed by atoms with Gasteiger partial charge in [-0.25, -0.2) is 4.39 Å². The van der Waals surface area contributed by atoms with Crippen molar-refractivity contribution in [1.29, 1.82) is 0 Å². The molecule has 0 aromatic heterocycles. The van der Waals surface area contributed by atoms with E-state index in [1.54, 1.807) is 6.07 Å². The molecular weight excluding hydrogens is 165 g/mol. The number of hydrogen-bond donors (Lipinski definition) is 1. The van der Waals surface area contributed by atoms with Gasteiger partial charge >= 0.3 is 0 Å². The Labute approximate surface area is 77.0 Å². The molecule has 1 aliphatic carbocycles. The number of rotatable bonds is 1. The molecule has 1 saturated carbocycles. The van der Waals surface area contributed by atoms with Crippen molar-refractivity contribution < 1.29 is 4.39 Å². The predicted octanol–water partition coefficient (Wildman–Crippen LogP) is 1.69. The number of nitrogens with one attached hydrogen (secondary N) is 1. The van der Waals surface area contributed by atoms with Crippen molar-refractivity contribution in [3.63, 3.8) is 0 Å². The Hall–Kier alpha value is -0.890. The molecule has 0 spiro atoms. The second kappa shape index (κ2) is 2.32. The summed E-state index contributed by atoms with van der Waals surface area (Å²) in [4.78, 5) is 0. The van der Waals surface area contributed by atoms with Gasteiger partial charge in [-0.15, -0.1) is 0 Å². The lowest BCUT2D eigenvalue weighted by molar-refractivity contribution is 0.614. The predicted molar refractivity (Wildman–Crippen MR) is 49.1 cm³/mol. The van der Waals surface area contributed by atoms with Gasteiger partial charge in [0.05, 0.1) is 0 Å². The summed E-state index contributed by atoms with van der Waals surface area (Å²) in [6.45, 7) is 2.14. The molecule has 3 rings (SSSR count). The molecule has 1 nitrogen and oxygen atoms in total. The lowest BCUT2D eigenvalue weighted by Crippen LogP contribution is -2.19. The van der Waals surface area contributed by atoms with Crippen molar-refractivity contribution in [3.05, 3.63) is 35.6 Å². The molecule has 1 aliphatic heterocycles. The Bertz CT molecular complexity index is 350. The van der Waals surface area contributed by atoms with Gasteiger partial charge < -0.3 is 5.32 Å². The molecule has 0 amide bonds. The standard InChI is InChI=1S/C11H12FN/c12-10-3-1-2-8(4-10)11-5-9(11)6-13-7-11/h1-4,9,13H,5-7H2/t9-,11-/m0/s1. The van der Waals surface area contributed by atoms with E-state index < -0.39 is 0 Å². The van der Waals surface area contributed by atoms with Gasteiger partial charge in [0, 0.05) is 12.0 Å². The first-order valence-electron chi connectivity index (χ1n) is 4.78.